The molecule has 1 aliphatic rings. The summed E-state index contributed by atoms with van der Waals surface area (Å²) >= 11 is 0. The second kappa shape index (κ2) is 14.2. The summed E-state index contributed by atoms with van der Waals surface area (Å²) in [7, 11) is -2.95. The van der Waals surface area contributed by atoms with E-state index in [-0.39, 0.29) is 42.5 Å². The Morgan fingerprint density at radius 3 is 2.62 bits per heavy atom. The van der Waals surface area contributed by atoms with Gasteiger partial charge in [-0.25, -0.2) is 33.3 Å². The zero-order valence-electron chi connectivity index (χ0n) is 26.5. The highest BCUT2D eigenvalue weighted by Gasteiger charge is 2.50. The molecule has 1 aliphatic heterocycles. The largest absolute Gasteiger partial charge is 0.475 e. The summed E-state index contributed by atoms with van der Waals surface area (Å²) in [4.78, 5) is 32.9. The topological polar surface area (TPSA) is 210 Å². The normalized spacial score (nSPS) is 19.8. The number of ether oxygens (including phenoxy) is 2. The quantitative estimate of drug-likeness (QED) is 0.108. The van der Waals surface area contributed by atoms with Crippen LogP contribution < -0.4 is 25.6 Å². The van der Waals surface area contributed by atoms with Crippen molar-refractivity contribution in [2.45, 2.75) is 37.1 Å². The number of hydrogen-bond donors (Lipinski definition) is 4. The van der Waals surface area contributed by atoms with E-state index in [1.165, 1.54) is 50.2 Å². The second-order valence-electron chi connectivity index (χ2n) is 11.6. The molecule has 50 heavy (non-hydrogen) atoms. The molecule has 0 saturated carbocycles. The number of nitrogen functional groups attached to an aromatic ring is 1. The number of pyridine rings is 2. The zero-order chi connectivity index (χ0) is 35.6. The van der Waals surface area contributed by atoms with Gasteiger partial charge in [0.05, 0.1) is 47.8 Å². The monoisotopic (exact) mass is 715 g/mol. The highest BCUT2D eigenvalue weighted by atomic mass is 31.2. The number of nitrogens with two attached hydrogens (primary N) is 2. The molecule has 0 aliphatic carbocycles. The van der Waals surface area contributed by atoms with Crippen LogP contribution in [0, 0.1) is 5.95 Å². The Morgan fingerprint density at radius 1 is 1.12 bits per heavy atom. The maximum absolute atomic E-state index is 15.2. The Morgan fingerprint density at radius 2 is 1.90 bits per heavy atom. The van der Waals surface area contributed by atoms with Gasteiger partial charge in [-0.1, -0.05) is 18.2 Å². The molecule has 6 rings (SSSR count). The first-order valence-electron chi connectivity index (χ1n) is 15.2. The number of para-hydroxylation sites is 1. The van der Waals surface area contributed by atoms with Crippen LogP contribution in [0.4, 0.5) is 24.7 Å². The average molecular weight is 716 g/mol. The van der Waals surface area contributed by atoms with E-state index in [0.29, 0.717) is 29.0 Å². The minimum Gasteiger partial charge on any atom is -0.475 e. The van der Waals surface area contributed by atoms with Crippen LogP contribution in [-0.4, -0.2) is 90.2 Å². The second-order valence-corrected chi connectivity index (χ2v) is 13.3. The van der Waals surface area contributed by atoms with Gasteiger partial charge in [0.15, 0.2) is 17.2 Å². The number of methoxy groups -OCH3 is 1. The summed E-state index contributed by atoms with van der Waals surface area (Å²) < 4.78 is 72.7. The smallest absolute Gasteiger partial charge is 0.413 e. The molecular weight excluding hydrogens is 682 g/mol. The van der Waals surface area contributed by atoms with E-state index >= 15 is 4.39 Å². The molecule has 6 N–H and O–H groups in total. The van der Waals surface area contributed by atoms with Gasteiger partial charge in [-0.3, -0.25) is 4.98 Å². The maximum atomic E-state index is 15.2. The van der Waals surface area contributed by atoms with Crippen LogP contribution in [0.1, 0.15) is 12.0 Å². The molecule has 1 saturated heterocycles. The SMILES string of the molecule is COC1CCN(c2cnc(-c3ccc(OCP(=O)(O)Oc4ccccc4)c(F)n3)cc2Cn2cnc3c(N)ncnc32)C[C@@]1(N)[C@@H](O)C(F)F. The average Bonchev–Trinajstić information content (AvgIpc) is 3.51. The minimum absolute atomic E-state index is 0.0943. The molecule has 4 atom stereocenters. The Kier molecular flexibility index (Phi) is 9.91. The molecule has 264 valence electrons. The zero-order valence-corrected chi connectivity index (χ0v) is 27.4. The molecule has 0 bridgehead atoms. The van der Waals surface area contributed by atoms with Crippen molar-refractivity contribution in [2.75, 3.05) is 37.2 Å². The van der Waals surface area contributed by atoms with Gasteiger partial charge in [0.1, 0.15) is 23.7 Å². The van der Waals surface area contributed by atoms with Gasteiger partial charge < -0.3 is 44.9 Å². The number of imidazole rings is 1. The van der Waals surface area contributed by atoms with Crippen molar-refractivity contribution < 1.29 is 41.7 Å². The number of anilines is 2. The van der Waals surface area contributed by atoms with Crippen LogP contribution in [0.2, 0.25) is 0 Å². The lowest BCUT2D eigenvalue weighted by Crippen LogP contribution is -2.70. The standard InChI is InChI=1S/C31H33F3N9O6P/c1-47-24-9-10-42(14-31(24,36)26(44)27(32)33)22-12-37-21(11-18(22)13-43-16-40-25-29(35)38-15-39-30(25)43)20-7-8-23(28(34)41-20)48-17-50(45,46)49-19-5-3-2-4-6-19/h2-8,11-12,15-16,24,26-27,44H,9-10,13-14,17,36H2,1H3,(H,45,46)(H2,35,38,39)/t24?,26-,31-/m0/s1. The number of aliphatic hydroxyl groups excluding tert-OH is 1. The Bertz CT molecular complexity index is 2020. The van der Waals surface area contributed by atoms with Crippen LogP contribution in [0.3, 0.4) is 0 Å². The van der Waals surface area contributed by atoms with E-state index in [9.17, 15) is 23.3 Å². The van der Waals surface area contributed by atoms with Gasteiger partial charge in [-0.05, 0) is 42.3 Å². The third kappa shape index (κ3) is 7.20. The first-order valence-corrected chi connectivity index (χ1v) is 16.9. The fraction of sp³-hybridized carbons (Fsp3) is 0.323. The van der Waals surface area contributed by atoms with Gasteiger partial charge in [0.2, 0.25) is 6.35 Å². The fourth-order valence-electron chi connectivity index (χ4n) is 5.85. The summed E-state index contributed by atoms with van der Waals surface area (Å²) in [5.41, 5.74) is 12.8. The van der Waals surface area contributed by atoms with Crippen LogP contribution in [0.15, 0.2) is 67.4 Å². The van der Waals surface area contributed by atoms with Crippen molar-refractivity contribution in [3.63, 3.8) is 0 Å². The van der Waals surface area contributed by atoms with Crippen LogP contribution >= 0.6 is 7.60 Å². The molecule has 0 spiro atoms. The molecule has 0 radical (unpaired) electrons. The Balaban J connectivity index is 1.31. The maximum Gasteiger partial charge on any atom is 0.413 e. The lowest BCUT2D eigenvalue weighted by atomic mass is 9.81. The van der Waals surface area contributed by atoms with Gasteiger partial charge in [-0.15, -0.1) is 0 Å². The minimum atomic E-state index is -4.30. The van der Waals surface area contributed by atoms with Gasteiger partial charge in [0, 0.05) is 20.2 Å². The Labute approximate surface area is 283 Å². The van der Waals surface area contributed by atoms with Crippen molar-refractivity contribution in [1.29, 1.82) is 0 Å². The Hall–Kier alpha value is -4.87. The molecule has 1 fully saturated rings. The van der Waals surface area contributed by atoms with Gasteiger partial charge >= 0.3 is 7.60 Å². The predicted molar refractivity (Wildman–Crippen MR) is 175 cm³/mol. The molecule has 5 aromatic rings. The van der Waals surface area contributed by atoms with Gasteiger partial charge in [-0.2, -0.15) is 4.39 Å². The first kappa shape index (κ1) is 35.0. The van der Waals surface area contributed by atoms with E-state index in [0.717, 1.165) is 0 Å². The highest BCUT2D eigenvalue weighted by Crippen LogP contribution is 2.43. The first-order chi connectivity index (χ1) is 23.9. The number of hydrogen-bond acceptors (Lipinski definition) is 13. The summed E-state index contributed by atoms with van der Waals surface area (Å²) in [6, 6.07) is 12.2. The number of alkyl halides is 2. The van der Waals surface area contributed by atoms with Gasteiger partial charge in [0.25, 0.3) is 12.4 Å². The predicted octanol–water partition coefficient (Wildman–Crippen LogP) is 3.20. The lowest BCUT2D eigenvalue weighted by Gasteiger charge is -2.48. The number of fused-ring (bicyclic) bond motifs is 1. The van der Waals surface area contributed by atoms with Crippen molar-refractivity contribution >= 4 is 30.3 Å². The number of aromatic nitrogens is 6. The molecule has 0 amide bonds. The van der Waals surface area contributed by atoms with E-state index in [1.54, 1.807) is 33.7 Å². The third-order valence-electron chi connectivity index (χ3n) is 8.33. The molecule has 5 heterocycles. The van der Waals surface area contributed by atoms with E-state index in [2.05, 4.69) is 24.9 Å². The van der Waals surface area contributed by atoms with Crippen molar-refractivity contribution in [2.24, 2.45) is 5.73 Å². The number of piperidine rings is 1. The number of halogens is 3. The summed E-state index contributed by atoms with van der Waals surface area (Å²) in [5, 5.41) is 10.5. The highest BCUT2D eigenvalue weighted by molar-refractivity contribution is 7.53. The lowest BCUT2D eigenvalue weighted by molar-refractivity contribution is -0.102. The summed E-state index contributed by atoms with van der Waals surface area (Å²) in [6.07, 6.45) is -2.49. The number of benzene rings is 1. The third-order valence-corrected chi connectivity index (χ3v) is 9.28. The number of rotatable bonds is 12. The van der Waals surface area contributed by atoms with Crippen LogP contribution in [0.5, 0.6) is 11.5 Å². The molecule has 1 aromatic carbocycles. The van der Waals surface area contributed by atoms with E-state index in [1.807, 2.05) is 0 Å². The van der Waals surface area contributed by atoms with Crippen molar-refractivity contribution in [3.8, 4) is 22.9 Å². The van der Waals surface area contributed by atoms with E-state index < -0.39 is 49.8 Å². The molecule has 2 unspecified atom stereocenters. The van der Waals surface area contributed by atoms with Crippen LogP contribution in [-0.2, 0) is 15.8 Å². The van der Waals surface area contributed by atoms with Crippen molar-refractivity contribution in [3.05, 3.63) is 78.9 Å². The van der Waals surface area contributed by atoms with E-state index in [4.69, 9.17) is 25.5 Å². The molecular formula is C31H33F3N9O6P. The summed E-state index contributed by atoms with van der Waals surface area (Å²) in [6.45, 7) is 0.239. The molecule has 15 nitrogen and oxygen atoms in total. The van der Waals surface area contributed by atoms with Crippen molar-refractivity contribution in [1.82, 2.24) is 29.5 Å². The molecule has 4 aromatic heterocycles. The fourth-order valence-corrected chi connectivity index (χ4v) is 6.66. The molecule has 19 heteroatoms. The number of aliphatic hydroxyl groups is 1. The van der Waals surface area contributed by atoms with Crippen LogP contribution in [0.25, 0.3) is 22.6 Å². The number of nitrogens with zero attached hydrogens (tertiary/aromatic N) is 7. The summed E-state index contributed by atoms with van der Waals surface area (Å²) in [5.74, 6) is -1.15.